The number of hydrogen-bond acceptors (Lipinski definition) is 4. The molecule has 0 saturated heterocycles. The van der Waals surface area contributed by atoms with Crippen molar-refractivity contribution in [2.45, 2.75) is 38.4 Å². The lowest BCUT2D eigenvalue weighted by atomic mass is 10.1. The summed E-state index contributed by atoms with van der Waals surface area (Å²) in [5.41, 5.74) is 10.7. The highest BCUT2D eigenvalue weighted by Crippen LogP contribution is 2.14. The molecule has 132 valence electrons. The average Bonchev–Trinajstić information content (AvgIpc) is 2.64. The van der Waals surface area contributed by atoms with E-state index in [1.807, 2.05) is 60.7 Å². The molecule has 25 heavy (non-hydrogen) atoms. The van der Waals surface area contributed by atoms with Crippen LogP contribution in [-0.2, 0) is 22.7 Å². The molecule has 6 nitrogen and oxygen atoms in total. The number of ether oxygens (including phenoxy) is 2. The van der Waals surface area contributed by atoms with Crippen LogP contribution >= 0.6 is 0 Å². The second-order valence-electron chi connectivity index (χ2n) is 5.77. The Labute approximate surface area is 147 Å². The topological polar surface area (TPSA) is 87.5 Å². The third-order valence-electron chi connectivity index (χ3n) is 3.77. The van der Waals surface area contributed by atoms with Gasteiger partial charge in [0.05, 0.1) is 32.0 Å². The molecule has 2 aromatic carbocycles. The van der Waals surface area contributed by atoms with Crippen molar-refractivity contribution in [2.24, 2.45) is 5.11 Å². The Balaban J connectivity index is 1.90. The van der Waals surface area contributed by atoms with E-state index in [0.717, 1.165) is 11.1 Å². The summed E-state index contributed by atoms with van der Waals surface area (Å²) in [5, 5.41) is 14.1. The van der Waals surface area contributed by atoms with Gasteiger partial charge < -0.3 is 14.6 Å². The number of azide groups is 1. The highest BCUT2D eigenvalue weighted by atomic mass is 16.5. The molecule has 0 aromatic heterocycles. The maximum Gasteiger partial charge on any atom is 0.104 e. The molecule has 2 rings (SSSR count). The first-order valence-corrected chi connectivity index (χ1v) is 8.20. The second kappa shape index (κ2) is 10.5. The van der Waals surface area contributed by atoms with Gasteiger partial charge in [-0.1, -0.05) is 72.7 Å². The molecule has 0 aliphatic rings. The SMILES string of the molecule is C[C@H](N=[N+]=[N-])[C@@H](OCc1ccccc1)[C@H](O)COCc1ccccc1. The Morgan fingerprint density at radius 3 is 2.12 bits per heavy atom. The minimum Gasteiger partial charge on any atom is -0.388 e. The molecule has 0 heterocycles. The van der Waals surface area contributed by atoms with Crippen LogP contribution in [0.25, 0.3) is 10.4 Å². The van der Waals surface area contributed by atoms with Gasteiger partial charge in [-0.15, -0.1) is 0 Å². The van der Waals surface area contributed by atoms with E-state index in [-0.39, 0.29) is 6.61 Å². The van der Waals surface area contributed by atoms with Crippen LogP contribution in [0.4, 0.5) is 0 Å². The van der Waals surface area contributed by atoms with Gasteiger partial charge in [0.2, 0.25) is 0 Å². The molecule has 0 aliphatic heterocycles. The maximum absolute atomic E-state index is 10.4. The molecule has 3 atom stereocenters. The van der Waals surface area contributed by atoms with Crippen LogP contribution in [0.5, 0.6) is 0 Å². The van der Waals surface area contributed by atoms with E-state index < -0.39 is 18.2 Å². The van der Waals surface area contributed by atoms with Crippen LogP contribution < -0.4 is 0 Å². The number of aliphatic hydroxyl groups excluding tert-OH is 1. The molecule has 1 N–H and O–H groups in total. The first-order valence-electron chi connectivity index (χ1n) is 8.20. The van der Waals surface area contributed by atoms with Crippen molar-refractivity contribution in [3.8, 4) is 0 Å². The molecule has 0 aliphatic carbocycles. The summed E-state index contributed by atoms with van der Waals surface area (Å²) in [7, 11) is 0. The minimum atomic E-state index is -0.895. The average molecular weight is 341 g/mol. The predicted octanol–water partition coefficient (Wildman–Crippen LogP) is 3.85. The van der Waals surface area contributed by atoms with Crippen molar-refractivity contribution in [3.63, 3.8) is 0 Å². The summed E-state index contributed by atoms with van der Waals surface area (Å²) < 4.78 is 11.4. The van der Waals surface area contributed by atoms with Crippen LogP contribution in [0.1, 0.15) is 18.1 Å². The van der Waals surface area contributed by atoms with E-state index >= 15 is 0 Å². The van der Waals surface area contributed by atoms with Gasteiger partial charge in [0.1, 0.15) is 6.10 Å². The number of rotatable bonds is 10. The number of aliphatic hydroxyl groups is 1. The van der Waals surface area contributed by atoms with Gasteiger partial charge in [-0.25, -0.2) is 0 Å². The lowest BCUT2D eigenvalue weighted by Crippen LogP contribution is -2.40. The smallest absolute Gasteiger partial charge is 0.104 e. The fraction of sp³-hybridized carbons (Fsp3) is 0.368. The summed E-state index contributed by atoms with van der Waals surface area (Å²) >= 11 is 0. The first kappa shape index (κ1) is 19.0. The monoisotopic (exact) mass is 341 g/mol. The van der Waals surface area contributed by atoms with Gasteiger partial charge in [0.25, 0.3) is 0 Å². The van der Waals surface area contributed by atoms with E-state index in [1.54, 1.807) is 6.92 Å². The zero-order valence-corrected chi connectivity index (χ0v) is 14.2. The van der Waals surface area contributed by atoms with Crippen molar-refractivity contribution in [3.05, 3.63) is 82.2 Å². The van der Waals surface area contributed by atoms with E-state index in [2.05, 4.69) is 10.0 Å². The van der Waals surface area contributed by atoms with E-state index in [9.17, 15) is 5.11 Å². The zero-order chi connectivity index (χ0) is 17.9. The van der Waals surface area contributed by atoms with Crippen molar-refractivity contribution in [1.82, 2.24) is 0 Å². The van der Waals surface area contributed by atoms with Gasteiger partial charge in [-0.2, -0.15) is 0 Å². The molecule has 0 unspecified atom stereocenters. The predicted molar refractivity (Wildman–Crippen MR) is 95.7 cm³/mol. The van der Waals surface area contributed by atoms with Gasteiger partial charge >= 0.3 is 0 Å². The lowest BCUT2D eigenvalue weighted by molar-refractivity contribution is -0.0879. The third-order valence-corrected chi connectivity index (χ3v) is 3.77. The Morgan fingerprint density at radius 2 is 1.56 bits per heavy atom. The van der Waals surface area contributed by atoms with Crippen LogP contribution in [0.15, 0.2) is 65.8 Å². The van der Waals surface area contributed by atoms with E-state index in [4.69, 9.17) is 15.0 Å². The molecule has 0 spiro atoms. The van der Waals surface area contributed by atoms with Crippen LogP contribution in [-0.4, -0.2) is 30.0 Å². The Hall–Kier alpha value is -2.37. The van der Waals surface area contributed by atoms with Crippen LogP contribution in [0.3, 0.4) is 0 Å². The summed E-state index contributed by atoms with van der Waals surface area (Å²) in [5.74, 6) is 0. The quantitative estimate of drug-likeness (QED) is 0.404. The van der Waals surface area contributed by atoms with Gasteiger partial charge in [-0.3, -0.25) is 0 Å². The highest BCUT2D eigenvalue weighted by molar-refractivity contribution is 5.14. The second-order valence-corrected chi connectivity index (χ2v) is 5.77. The van der Waals surface area contributed by atoms with Gasteiger partial charge in [0, 0.05) is 4.91 Å². The van der Waals surface area contributed by atoms with Gasteiger partial charge in [0.15, 0.2) is 0 Å². The molecule has 0 amide bonds. The van der Waals surface area contributed by atoms with Crippen molar-refractivity contribution in [1.29, 1.82) is 0 Å². The highest BCUT2D eigenvalue weighted by Gasteiger charge is 2.26. The fourth-order valence-electron chi connectivity index (χ4n) is 2.45. The van der Waals surface area contributed by atoms with Crippen molar-refractivity contribution >= 4 is 0 Å². The summed E-state index contributed by atoms with van der Waals surface area (Å²) in [4.78, 5) is 2.81. The molecular formula is C19H23N3O3. The molecule has 0 radical (unpaired) electrons. The normalized spacial score (nSPS) is 14.3. The standard InChI is InChI=1S/C19H23N3O3/c1-15(21-22-20)19(25-13-17-10-6-3-7-11-17)18(23)14-24-12-16-8-4-2-5-9-16/h2-11,15,18-19,23H,12-14H2,1H3/t15-,18+,19+/m0/s1. The Morgan fingerprint density at radius 1 is 1.00 bits per heavy atom. The van der Waals surface area contributed by atoms with E-state index in [1.165, 1.54) is 0 Å². The lowest BCUT2D eigenvalue weighted by Gasteiger charge is -2.26. The largest absolute Gasteiger partial charge is 0.388 e. The molecular weight excluding hydrogens is 318 g/mol. The Bertz CT molecular complexity index is 660. The van der Waals surface area contributed by atoms with E-state index in [0.29, 0.717) is 13.2 Å². The molecule has 0 bridgehead atoms. The van der Waals surface area contributed by atoms with Crippen LogP contribution in [0.2, 0.25) is 0 Å². The van der Waals surface area contributed by atoms with Crippen LogP contribution in [0, 0.1) is 0 Å². The van der Waals surface area contributed by atoms with Crippen molar-refractivity contribution in [2.75, 3.05) is 6.61 Å². The third kappa shape index (κ3) is 6.57. The number of nitrogens with zero attached hydrogens (tertiary/aromatic N) is 3. The van der Waals surface area contributed by atoms with Crippen molar-refractivity contribution < 1.29 is 14.6 Å². The molecule has 0 fully saturated rings. The number of hydrogen-bond donors (Lipinski definition) is 1. The summed E-state index contributed by atoms with van der Waals surface area (Å²) in [6.45, 7) is 2.54. The number of benzene rings is 2. The summed E-state index contributed by atoms with van der Waals surface area (Å²) in [6.07, 6.45) is -1.54. The Kier molecular flexibility index (Phi) is 7.95. The van der Waals surface area contributed by atoms with Gasteiger partial charge in [-0.05, 0) is 16.7 Å². The first-order chi connectivity index (χ1) is 12.2. The molecule has 6 heteroatoms. The fourth-order valence-corrected chi connectivity index (χ4v) is 2.45. The maximum atomic E-state index is 10.4. The molecule has 2 aromatic rings. The molecule has 0 saturated carbocycles. The summed E-state index contributed by atoms with van der Waals surface area (Å²) in [6, 6.07) is 18.9. The minimum absolute atomic E-state index is 0.0969. The zero-order valence-electron chi connectivity index (χ0n) is 14.2.